The molecule has 0 aromatic carbocycles. The molecule has 1 aromatic rings. The molecule has 2 heteroatoms. The maximum atomic E-state index is 13.0. The summed E-state index contributed by atoms with van der Waals surface area (Å²) in [7, 11) is 0. The van der Waals surface area contributed by atoms with Crippen LogP contribution >= 0.6 is 0 Å². The zero-order valence-electron chi connectivity index (χ0n) is 6.48. The summed E-state index contributed by atoms with van der Waals surface area (Å²) >= 11 is 0. The van der Waals surface area contributed by atoms with Gasteiger partial charge < -0.3 is 0 Å². The van der Waals surface area contributed by atoms with Crippen molar-refractivity contribution in [1.29, 1.82) is 0 Å². The molecule has 1 heterocycles. The summed E-state index contributed by atoms with van der Waals surface area (Å²) in [4.78, 5) is 3.91. The van der Waals surface area contributed by atoms with Gasteiger partial charge in [0.2, 0.25) is 0 Å². The summed E-state index contributed by atoms with van der Waals surface area (Å²) in [5, 5.41) is 0. The van der Waals surface area contributed by atoms with E-state index in [1.807, 2.05) is 0 Å². The summed E-state index contributed by atoms with van der Waals surface area (Å²) < 4.78 is 13.0. The number of hydrogen-bond acceptors (Lipinski definition) is 1. The van der Waals surface area contributed by atoms with E-state index >= 15 is 0 Å². The van der Waals surface area contributed by atoms with Crippen LogP contribution in [-0.4, -0.2) is 4.98 Å². The van der Waals surface area contributed by atoms with Gasteiger partial charge in [0.25, 0.3) is 0 Å². The highest BCUT2D eigenvalue weighted by Gasteiger charge is 2.04. The molecule has 1 nitrogen and oxygen atoms in total. The second kappa shape index (κ2) is 2.71. The Morgan fingerprint density at radius 2 is 2.18 bits per heavy atom. The van der Waals surface area contributed by atoms with E-state index in [1.54, 1.807) is 19.9 Å². The number of terminal acetylenes is 1. The maximum Gasteiger partial charge on any atom is 0.159 e. The van der Waals surface area contributed by atoms with Gasteiger partial charge in [0.1, 0.15) is 0 Å². The summed E-state index contributed by atoms with van der Waals surface area (Å²) in [6.45, 7) is 3.39. The van der Waals surface area contributed by atoms with Gasteiger partial charge in [-0.25, -0.2) is 4.39 Å². The first-order valence-corrected chi connectivity index (χ1v) is 3.25. The van der Waals surface area contributed by atoms with Crippen LogP contribution in [0.2, 0.25) is 0 Å². The molecular weight excluding hydrogens is 141 g/mol. The zero-order valence-corrected chi connectivity index (χ0v) is 6.48. The van der Waals surface area contributed by atoms with Gasteiger partial charge in [-0.15, -0.1) is 6.42 Å². The molecule has 56 valence electrons. The molecule has 1 rings (SSSR count). The van der Waals surface area contributed by atoms with Crippen molar-refractivity contribution < 1.29 is 4.39 Å². The quantitative estimate of drug-likeness (QED) is 0.513. The molecule has 11 heavy (non-hydrogen) atoms. The molecule has 0 saturated carbocycles. The number of nitrogens with zero attached hydrogens (tertiary/aromatic N) is 1. The summed E-state index contributed by atoms with van der Waals surface area (Å²) in [5.74, 6) is 1.87. The minimum atomic E-state index is -0.391. The lowest BCUT2D eigenvalue weighted by atomic mass is 10.2. The monoisotopic (exact) mass is 149 g/mol. The molecule has 0 spiro atoms. The molecule has 0 amide bonds. The van der Waals surface area contributed by atoms with E-state index in [0.29, 0.717) is 5.69 Å². The molecular formula is C9H8FN. The molecule has 0 unspecified atom stereocenters. The minimum Gasteiger partial charge on any atom is -0.255 e. The fourth-order valence-corrected chi connectivity index (χ4v) is 0.918. The van der Waals surface area contributed by atoms with Crippen LogP contribution in [-0.2, 0) is 0 Å². The molecule has 0 aliphatic rings. The molecule has 0 saturated heterocycles. The third kappa shape index (κ3) is 1.38. The fraction of sp³-hybridized carbons (Fsp3) is 0.222. The van der Waals surface area contributed by atoms with E-state index in [4.69, 9.17) is 6.42 Å². The van der Waals surface area contributed by atoms with E-state index < -0.39 is 5.82 Å². The Morgan fingerprint density at radius 3 is 2.73 bits per heavy atom. The van der Waals surface area contributed by atoms with Crippen LogP contribution in [0.1, 0.15) is 17.0 Å². The SMILES string of the molecule is C#Cc1cc(C)nc(C)c1F. The normalized spacial score (nSPS) is 9.27. The third-order valence-corrected chi connectivity index (χ3v) is 1.41. The Balaban J connectivity index is 3.39. The molecule has 1 aromatic heterocycles. The number of hydrogen-bond donors (Lipinski definition) is 0. The minimum absolute atomic E-state index is 0.287. The van der Waals surface area contributed by atoms with Crippen LogP contribution in [0, 0.1) is 32.0 Å². The van der Waals surface area contributed by atoms with Gasteiger partial charge in [-0.3, -0.25) is 4.98 Å². The van der Waals surface area contributed by atoms with Crippen LogP contribution in [0.25, 0.3) is 0 Å². The molecule has 0 aliphatic heterocycles. The van der Waals surface area contributed by atoms with Gasteiger partial charge in [0.15, 0.2) is 5.82 Å². The largest absolute Gasteiger partial charge is 0.255 e. The van der Waals surface area contributed by atoms with Crippen molar-refractivity contribution in [2.45, 2.75) is 13.8 Å². The number of aromatic nitrogens is 1. The second-order valence-electron chi connectivity index (χ2n) is 2.35. The van der Waals surface area contributed by atoms with E-state index in [9.17, 15) is 4.39 Å². The van der Waals surface area contributed by atoms with E-state index in [1.165, 1.54) is 0 Å². The smallest absolute Gasteiger partial charge is 0.159 e. The standard InChI is InChI=1S/C9H8FN/c1-4-8-5-6(2)11-7(3)9(8)10/h1,5H,2-3H3. The molecule has 0 N–H and O–H groups in total. The van der Waals surface area contributed by atoms with Crippen molar-refractivity contribution in [2.75, 3.05) is 0 Å². The Kier molecular flexibility index (Phi) is 1.91. The van der Waals surface area contributed by atoms with E-state index in [0.717, 1.165) is 5.69 Å². The highest BCUT2D eigenvalue weighted by atomic mass is 19.1. The lowest BCUT2D eigenvalue weighted by Crippen LogP contribution is -1.94. The van der Waals surface area contributed by atoms with Gasteiger partial charge in [-0.05, 0) is 19.9 Å². The van der Waals surface area contributed by atoms with Crippen LogP contribution in [0.15, 0.2) is 6.07 Å². The number of rotatable bonds is 0. The summed E-state index contributed by atoms with van der Waals surface area (Å²) in [6.07, 6.45) is 5.07. The summed E-state index contributed by atoms with van der Waals surface area (Å²) in [6, 6.07) is 1.56. The average molecular weight is 149 g/mol. The summed E-state index contributed by atoms with van der Waals surface area (Å²) in [5.41, 5.74) is 1.39. The fourth-order valence-electron chi connectivity index (χ4n) is 0.918. The highest BCUT2D eigenvalue weighted by Crippen LogP contribution is 2.09. The number of pyridine rings is 1. The first-order valence-electron chi connectivity index (χ1n) is 3.25. The predicted molar refractivity (Wildman–Crippen MR) is 41.6 cm³/mol. The van der Waals surface area contributed by atoms with Gasteiger partial charge >= 0.3 is 0 Å². The van der Waals surface area contributed by atoms with Gasteiger partial charge in [-0.1, -0.05) is 5.92 Å². The third-order valence-electron chi connectivity index (χ3n) is 1.41. The Bertz CT molecular complexity index is 323. The van der Waals surface area contributed by atoms with Crippen LogP contribution < -0.4 is 0 Å². The van der Waals surface area contributed by atoms with Crippen molar-refractivity contribution in [3.05, 3.63) is 28.8 Å². The lowest BCUT2D eigenvalue weighted by Gasteiger charge is -1.99. The number of halogens is 1. The molecule has 0 aliphatic carbocycles. The molecule has 0 atom stereocenters. The maximum absolute atomic E-state index is 13.0. The van der Waals surface area contributed by atoms with Gasteiger partial charge in [0.05, 0.1) is 11.3 Å². The van der Waals surface area contributed by atoms with E-state index in [-0.39, 0.29) is 5.56 Å². The van der Waals surface area contributed by atoms with Crippen LogP contribution in [0.3, 0.4) is 0 Å². The average Bonchev–Trinajstić information content (AvgIpc) is 1.96. The van der Waals surface area contributed by atoms with Crippen molar-refractivity contribution >= 4 is 0 Å². The van der Waals surface area contributed by atoms with Crippen molar-refractivity contribution in [3.8, 4) is 12.3 Å². The van der Waals surface area contributed by atoms with Crippen LogP contribution in [0.5, 0.6) is 0 Å². The lowest BCUT2D eigenvalue weighted by molar-refractivity contribution is 0.605. The second-order valence-corrected chi connectivity index (χ2v) is 2.35. The molecule has 0 fully saturated rings. The topological polar surface area (TPSA) is 12.9 Å². The first-order chi connectivity index (χ1) is 5.15. The highest BCUT2D eigenvalue weighted by molar-refractivity contribution is 5.35. The Hall–Kier alpha value is -1.36. The van der Waals surface area contributed by atoms with Crippen molar-refractivity contribution in [1.82, 2.24) is 4.98 Å². The zero-order chi connectivity index (χ0) is 8.43. The van der Waals surface area contributed by atoms with Gasteiger partial charge in [0, 0.05) is 5.69 Å². The van der Waals surface area contributed by atoms with E-state index in [2.05, 4.69) is 10.9 Å². The number of aryl methyl sites for hydroxylation is 2. The molecule has 0 bridgehead atoms. The van der Waals surface area contributed by atoms with Gasteiger partial charge in [-0.2, -0.15) is 0 Å². The van der Waals surface area contributed by atoms with Crippen molar-refractivity contribution in [2.24, 2.45) is 0 Å². The first kappa shape index (κ1) is 7.74. The molecule has 0 radical (unpaired) electrons. The predicted octanol–water partition coefficient (Wildman–Crippen LogP) is 1.82. The van der Waals surface area contributed by atoms with Crippen LogP contribution in [0.4, 0.5) is 4.39 Å². The van der Waals surface area contributed by atoms with Crippen molar-refractivity contribution in [3.63, 3.8) is 0 Å². The Labute approximate surface area is 65.3 Å². The Morgan fingerprint density at radius 1 is 1.55 bits per heavy atom.